The molecule has 1 saturated heterocycles. The van der Waals surface area contributed by atoms with Crippen molar-refractivity contribution in [1.82, 2.24) is 9.55 Å². The van der Waals surface area contributed by atoms with E-state index in [9.17, 15) is 4.79 Å². The fourth-order valence-electron chi connectivity index (χ4n) is 2.72. The van der Waals surface area contributed by atoms with Crippen molar-refractivity contribution in [2.75, 3.05) is 23.9 Å². The zero-order valence-electron chi connectivity index (χ0n) is 11.5. The molecule has 0 radical (unpaired) electrons. The first kappa shape index (κ1) is 14.4. The number of rotatable bonds is 5. The van der Waals surface area contributed by atoms with E-state index in [1.54, 1.807) is 17.0 Å². The Morgan fingerprint density at radius 1 is 1.53 bits per heavy atom. The molecule has 2 heterocycles. The van der Waals surface area contributed by atoms with Gasteiger partial charge in [0.1, 0.15) is 0 Å². The standard InChI is InChI=1S/C14H22ClN3O/c1-2-8-17-10-7-16-13(14(17)19)18-9-3-4-12(11-18)5-6-15/h7,10,12H,2-6,8-9,11H2,1H3. The summed E-state index contributed by atoms with van der Waals surface area (Å²) in [7, 11) is 0. The maximum atomic E-state index is 12.4. The van der Waals surface area contributed by atoms with E-state index in [0.29, 0.717) is 17.6 Å². The first-order valence-corrected chi connectivity index (χ1v) is 7.66. The van der Waals surface area contributed by atoms with E-state index in [0.717, 1.165) is 38.9 Å². The van der Waals surface area contributed by atoms with E-state index in [1.807, 2.05) is 0 Å². The maximum Gasteiger partial charge on any atom is 0.293 e. The highest BCUT2D eigenvalue weighted by atomic mass is 35.5. The van der Waals surface area contributed by atoms with Gasteiger partial charge in [-0.2, -0.15) is 0 Å². The highest BCUT2D eigenvalue weighted by molar-refractivity contribution is 6.17. The molecule has 1 aliphatic heterocycles. The summed E-state index contributed by atoms with van der Waals surface area (Å²) in [6, 6.07) is 0. The van der Waals surface area contributed by atoms with Gasteiger partial charge in [-0.05, 0) is 31.6 Å². The van der Waals surface area contributed by atoms with Crippen LogP contribution in [-0.2, 0) is 6.54 Å². The summed E-state index contributed by atoms with van der Waals surface area (Å²) in [6.45, 7) is 4.67. The lowest BCUT2D eigenvalue weighted by Crippen LogP contribution is -2.40. The van der Waals surface area contributed by atoms with Gasteiger partial charge in [0.25, 0.3) is 5.56 Å². The van der Waals surface area contributed by atoms with Crippen molar-refractivity contribution in [3.63, 3.8) is 0 Å². The maximum absolute atomic E-state index is 12.4. The topological polar surface area (TPSA) is 38.1 Å². The lowest BCUT2D eigenvalue weighted by atomic mass is 9.96. The summed E-state index contributed by atoms with van der Waals surface area (Å²) in [5.74, 6) is 1.89. The Morgan fingerprint density at radius 2 is 2.37 bits per heavy atom. The van der Waals surface area contributed by atoms with Crippen LogP contribution in [-0.4, -0.2) is 28.5 Å². The third-order valence-electron chi connectivity index (χ3n) is 3.70. The van der Waals surface area contributed by atoms with Crippen LogP contribution in [0.5, 0.6) is 0 Å². The van der Waals surface area contributed by atoms with Gasteiger partial charge in [0, 0.05) is 37.9 Å². The predicted octanol–water partition coefficient (Wildman–Crippen LogP) is 2.50. The number of piperidine rings is 1. The van der Waals surface area contributed by atoms with Crippen molar-refractivity contribution in [2.24, 2.45) is 5.92 Å². The summed E-state index contributed by atoms with van der Waals surface area (Å²) < 4.78 is 1.76. The van der Waals surface area contributed by atoms with E-state index in [-0.39, 0.29) is 5.56 Å². The highest BCUT2D eigenvalue weighted by Crippen LogP contribution is 2.22. The molecule has 19 heavy (non-hydrogen) atoms. The summed E-state index contributed by atoms with van der Waals surface area (Å²) in [4.78, 5) is 18.8. The number of nitrogens with zero attached hydrogens (tertiary/aromatic N) is 3. The van der Waals surface area contributed by atoms with E-state index >= 15 is 0 Å². The number of hydrogen-bond acceptors (Lipinski definition) is 3. The van der Waals surface area contributed by atoms with Crippen LogP contribution in [0.2, 0.25) is 0 Å². The third-order valence-corrected chi connectivity index (χ3v) is 3.91. The average Bonchev–Trinajstić information content (AvgIpc) is 2.42. The van der Waals surface area contributed by atoms with Gasteiger partial charge in [0.2, 0.25) is 0 Å². The molecule has 0 saturated carbocycles. The lowest BCUT2D eigenvalue weighted by molar-refractivity contribution is 0.403. The normalized spacial score (nSPS) is 19.7. The number of hydrogen-bond donors (Lipinski definition) is 0. The van der Waals surface area contributed by atoms with Crippen LogP contribution in [0.1, 0.15) is 32.6 Å². The second-order valence-corrected chi connectivity index (χ2v) is 5.56. The number of halogens is 1. The van der Waals surface area contributed by atoms with Crippen LogP contribution in [0.3, 0.4) is 0 Å². The summed E-state index contributed by atoms with van der Waals surface area (Å²) in [6.07, 6.45) is 7.81. The van der Waals surface area contributed by atoms with Gasteiger partial charge in [-0.3, -0.25) is 4.79 Å². The van der Waals surface area contributed by atoms with Crippen LogP contribution in [0.15, 0.2) is 17.2 Å². The molecule has 0 aromatic carbocycles. The van der Waals surface area contributed by atoms with Crippen LogP contribution in [0.25, 0.3) is 0 Å². The predicted molar refractivity (Wildman–Crippen MR) is 79.1 cm³/mol. The smallest absolute Gasteiger partial charge is 0.293 e. The van der Waals surface area contributed by atoms with Gasteiger partial charge in [-0.25, -0.2) is 4.98 Å². The van der Waals surface area contributed by atoms with Crippen molar-refractivity contribution in [2.45, 2.75) is 39.2 Å². The molecule has 5 heteroatoms. The molecule has 0 N–H and O–H groups in total. The van der Waals surface area contributed by atoms with Crippen LogP contribution < -0.4 is 10.5 Å². The first-order chi connectivity index (χ1) is 9.26. The monoisotopic (exact) mass is 283 g/mol. The number of alkyl halides is 1. The van der Waals surface area contributed by atoms with Crippen molar-refractivity contribution in [3.8, 4) is 0 Å². The zero-order valence-corrected chi connectivity index (χ0v) is 12.3. The molecule has 0 bridgehead atoms. The van der Waals surface area contributed by atoms with Crippen LogP contribution in [0, 0.1) is 5.92 Å². The van der Waals surface area contributed by atoms with E-state index in [2.05, 4.69) is 16.8 Å². The minimum absolute atomic E-state index is 0.0378. The third kappa shape index (κ3) is 3.50. The molecule has 0 spiro atoms. The fourth-order valence-corrected chi connectivity index (χ4v) is 3.03. The average molecular weight is 284 g/mol. The Hall–Kier alpha value is -1.03. The highest BCUT2D eigenvalue weighted by Gasteiger charge is 2.22. The van der Waals surface area contributed by atoms with Crippen molar-refractivity contribution >= 4 is 17.4 Å². The molecule has 1 fully saturated rings. The van der Waals surface area contributed by atoms with E-state index in [1.165, 1.54) is 6.42 Å². The number of aromatic nitrogens is 2. The van der Waals surface area contributed by atoms with Crippen LogP contribution >= 0.6 is 11.6 Å². The van der Waals surface area contributed by atoms with Gasteiger partial charge in [0.15, 0.2) is 5.82 Å². The molecular formula is C14H22ClN3O. The molecule has 4 nitrogen and oxygen atoms in total. The summed E-state index contributed by atoms with van der Waals surface area (Å²) in [5, 5.41) is 0. The molecule has 1 aromatic heterocycles. The van der Waals surface area contributed by atoms with E-state index < -0.39 is 0 Å². The lowest BCUT2D eigenvalue weighted by Gasteiger charge is -2.33. The number of aryl methyl sites for hydroxylation is 1. The largest absolute Gasteiger partial charge is 0.352 e. The molecule has 1 atom stereocenters. The Labute approximate surface area is 119 Å². The van der Waals surface area contributed by atoms with Crippen molar-refractivity contribution in [1.29, 1.82) is 0 Å². The SMILES string of the molecule is CCCn1ccnc(N2CCCC(CCCl)C2)c1=O. The molecular weight excluding hydrogens is 262 g/mol. The summed E-state index contributed by atoms with van der Waals surface area (Å²) in [5.41, 5.74) is 0.0378. The molecule has 1 unspecified atom stereocenters. The Kier molecular flexibility index (Phi) is 5.25. The van der Waals surface area contributed by atoms with E-state index in [4.69, 9.17) is 11.6 Å². The second kappa shape index (κ2) is 6.94. The Bertz CT molecular complexity index is 458. The number of anilines is 1. The first-order valence-electron chi connectivity index (χ1n) is 7.12. The molecule has 0 amide bonds. The van der Waals surface area contributed by atoms with Gasteiger partial charge in [0.05, 0.1) is 0 Å². The minimum atomic E-state index is 0.0378. The molecule has 1 aliphatic rings. The Morgan fingerprint density at radius 3 is 3.11 bits per heavy atom. The van der Waals surface area contributed by atoms with Gasteiger partial charge < -0.3 is 9.47 Å². The summed E-state index contributed by atoms with van der Waals surface area (Å²) >= 11 is 5.83. The molecule has 1 aromatic rings. The Balaban J connectivity index is 2.17. The van der Waals surface area contributed by atoms with Crippen molar-refractivity contribution in [3.05, 3.63) is 22.7 Å². The molecule has 106 valence electrons. The van der Waals surface area contributed by atoms with Gasteiger partial charge in [-0.15, -0.1) is 11.6 Å². The molecule has 0 aliphatic carbocycles. The van der Waals surface area contributed by atoms with Gasteiger partial charge >= 0.3 is 0 Å². The molecule has 2 rings (SSSR count). The van der Waals surface area contributed by atoms with Gasteiger partial charge in [-0.1, -0.05) is 6.92 Å². The minimum Gasteiger partial charge on any atom is -0.352 e. The fraction of sp³-hybridized carbons (Fsp3) is 0.714. The quantitative estimate of drug-likeness (QED) is 0.779. The zero-order chi connectivity index (χ0) is 13.7. The van der Waals surface area contributed by atoms with Crippen molar-refractivity contribution < 1.29 is 0 Å². The van der Waals surface area contributed by atoms with Crippen LogP contribution in [0.4, 0.5) is 5.82 Å². The second-order valence-electron chi connectivity index (χ2n) is 5.18.